The number of aryl methyl sites for hydroxylation is 1. The van der Waals surface area contributed by atoms with Gasteiger partial charge >= 0.3 is 0 Å². The van der Waals surface area contributed by atoms with Crippen molar-refractivity contribution in [1.29, 1.82) is 10.5 Å². The number of pyridine rings is 1. The zero-order valence-corrected chi connectivity index (χ0v) is 14.6. The van der Waals surface area contributed by atoms with E-state index in [4.69, 9.17) is 10.5 Å². The van der Waals surface area contributed by atoms with Crippen LogP contribution in [0, 0.1) is 29.6 Å². The van der Waals surface area contributed by atoms with Gasteiger partial charge in [-0.3, -0.25) is 4.79 Å². The predicted octanol–water partition coefficient (Wildman–Crippen LogP) is 3.25. The molecule has 0 radical (unpaired) electrons. The maximum atomic E-state index is 12.0. The fourth-order valence-electron chi connectivity index (χ4n) is 2.70. The molecule has 0 aliphatic rings. The van der Waals surface area contributed by atoms with Crippen LogP contribution in [-0.2, 0) is 6.61 Å². The van der Waals surface area contributed by atoms with Crippen LogP contribution < -0.4 is 16.0 Å². The maximum absolute atomic E-state index is 12.0. The van der Waals surface area contributed by atoms with E-state index in [1.165, 1.54) is 5.56 Å². The summed E-state index contributed by atoms with van der Waals surface area (Å²) in [5.41, 5.74) is 8.04. The van der Waals surface area contributed by atoms with Crippen molar-refractivity contribution in [3.05, 3.63) is 81.1 Å². The topological polar surface area (TPSA) is 116 Å². The van der Waals surface area contributed by atoms with Crippen molar-refractivity contribution in [1.82, 2.24) is 4.98 Å². The van der Waals surface area contributed by atoms with E-state index in [-0.39, 0.29) is 22.5 Å². The average Bonchev–Trinajstić information content (AvgIpc) is 2.67. The van der Waals surface area contributed by atoms with Crippen LogP contribution in [0.2, 0.25) is 0 Å². The second-order valence-electron chi connectivity index (χ2n) is 6.02. The highest BCUT2D eigenvalue weighted by Crippen LogP contribution is 2.29. The van der Waals surface area contributed by atoms with E-state index >= 15 is 0 Å². The molecule has 0 saturated heterocycles. The number of benzene rings is 2. The molecular formula is C21H16N4O2. The van der Waals surface area contributed by atoms with Gasteiger partial charge in [-0.1, -0.05) is 42.0 Å². The Kier molecular flexibility index (Phi) is 4.92. The second-order valence-corrected chi connectivity index (χ2v) is 6.02. The molecule has 2 aromatic carbocycles. The summed E-state index contributed by atoms with van der Waals surface area (Å²) in [6, 6.07) is 18.7. The number of hydrogen-bond acceptors (Lipinski definition) is 5. The Balaban J connectivity index is 1.90. The Morgan fingerprint density at radius 2 is 1.63 bits per heavy atom. The lowest BCUT2D eigenvalue weighted by Crippen LogP contribution is -2.16. The van der Waals surface area contributed by atoms with Gasteiger partial charge in [-0.2, -0.15) is 10.5 Å². The molecule has 1 aromatic heterocycles. The smallest absolute Gasteiger partial charge is 0.268 e. The Labute approximate surface area is 156 Å². The van der Waals surface area contributed by atoms with Gasteiger partial charge in [-0.25, -0.2) is 0 Å². The van der Waals surface area contributed by atoms with E-state index < -0.39 is 5.56 Å². The Bertz CT molecular complexity index is 1120. The van der Waals surface area contributed by atoms with Crippen LogP contribution in [0.3, 0.4) is 0 Å². The molecule has 0 atom stereocenters. The third kappa shape index (κ3) is 3.65. The summed E-state index contributed by atoms with van der Waals surface area (Å²) in [7, 11) is 0. The minimum absolute atomic E-state index is 0.0591. The zero-order valence-electron chi connectivity index (χ0n) is 14.6. The summed E-state index contributed by atoms with van der Waals surface area (Å²) in [5.74, 6) is 0.574. The molecule has 132 valence electrons. The number of hydrogen-bond donors (Lipinski definition) is 2. The standard InChI is InChI=1S/C21H16N4O2/c1-13-2-4-14(5-3-13)12-27-16-8-6-15(7-9-16)19-17(10-22)20(24)25-21(26)18(19)11-23/h2-9H,12H2,1H3,(H3,24,25,26). The molecule has 0 amide bonds. The number of rotatable bonds is 4. The Morgan fingerprint density at radius 1 is 1.00 bits per heavy atom. The van der Waals surface area contributed by atoms with Crippen molar-refractivity contribution in [3.8, 4) is 29.0 Å². The van der Waals surface area contributed by atoms with Gasteiger partial charge in [0.1, 0.15) is 41.4 Å². The first-order chi connectivity index (χ1) is 13.0. The van der Waals surface area contributed by atoms with Crippen molar-refractivity contribution in [2.45, 2.75) is 13.5 Å². The molecule has 0 aliphatic heterocycles. The lowest BCUT2D eigenvalue weighted by molar-refractivity contribution is 0.306. The fraction of sp³-hybridized carbons (Fsp3) is 0.0952. The monoisotopic (exact) mass is 356 g/mol. The lowest BCUT2D eigenvalue weighted by Gasteiger charge is -2.10. The number of nitrogen functional groups attached to an aromatic ring is 1. The summed E-state index contributed by atoms with van der Waals surface area (Å²) in [4.78, 5) is 14.3. The third-order valence-corrected chi connectivity index (χ3v) is 4.14. The summed E-state index contributed by atoms with van der Waals surface area (Å²) in [6.07, 6.45) is 0. The quantitative estimate of drug-likeness (QED) is 0.744. The second kappa shape index (κ2) is 7.47. The molecule has 0 spiro atoms. The van der Waals surface area contributed by atoms with Gasteiger partial charge < -0.3 is 15.5 Å². The summed E-state index contributed by atoms with van der Waals surface area (Å²) in [5, 5.41) is 18.7. The predicted molar refractivity (Wildman–Crippen MR) is 102 cm³/mol. The lowest BCUT2D eigenvalue weighted by atomic mass is 9.96. The molecule has 1 heterocycles. The molecule has 0 bridgehead atoms. The summed E-state index contributed by atoms with van der Waals surface area (Å²) >= 11 is 0. The van der Waals surface area contributed by atoms with Crippen molar-refractivity contribution in [2.24, 2.45) is 0 Å². The normalized spacial score (nSPS) is 10.0. The van der Waals surface area contributed by atoms with E-state index in [0.29, 0.717) is 17.9 Å². The van der Waals surface area contributed by atoms with Crippen LogP contribution in [0.15, 0.2) is 53.3 Å². The first-order valence-electron chi connectivity index (χ1n) is 8.18. The Hall–Kier alpha value is -4.03. The van der Waals surface area contributed by atoms with Gasteiger partial charge in [0.25, 0.3) is 5.56 Å². The third-order valence-electron chi connectivity index (χ3n) is 4.14. The number of aromatic amines is 1. The first kappa shape index (κ1) is 17.8. The zero-order chi connectivity index (χ0) is 19.4. The van der Waals surface area contributed by atoms with E-state index in [2.05, 4.69) is 4.98 Å². The molecule has 0 fully saturated rings. The minimum Gasteiger partial charge on any atom is -0.489 e. The maximum Gasteiger partial charge on any atom is 0.268 e. The van der Waals surface area contributed by atoms with Gasteiger partial charge in [-0.05, 0) is 30.2 Å². The van der Waals surface area contributed by atoms with Crippen LogP contribution >= 0.6 is 0 Å². The largest absolute Gasteiger partial charge is 0.489 e. The van der Waals surface area contributed by atoms with Gasteiger partial charge in [0.05, 0.1) is 0 Å². The molecule has 27 heavy (non-hydrogen) atoms. The SMILES string of the molecule is Cc1ccc(COc2ccc(-c3c(C#N)c(N)[nH]c(=O)c3C#N)cc2)cc1. The van der Waals surface area contributed by atoms with Crippen LogP contribution in [-0.4, -0.2) is 4.98 Å². The number of nitrogens with zero attached hydrogens (tertiary/aromatic N) is 2. The van der Waals surface area contributed by atoms with E-state index in [0.717, 1.165) is 5.56 Å². The number of nitrogens with one attached hydrogen (secondary N) is 1. The average molecular weight is 356 g/mol. The van der Waals surface area contributed by atoms with E-state index in [1.807, 2.05) is 43.3 Å². The number of anilines is 1. The molecular weight excluding hydrogens is 340 g/mol. The molecule has 3 N–H and O–H groups in total. The van der Waals surface area contributed by atoms with Crippen LogP contribution in [0.5, 0.6) is 5.75 Å². The van der Waals surface area contributed by atoms with Crippen molar-refractivity contribution < 1.29 is 4.74 Å². The molecule has 0 aliphatic carbocycles. The van der Waals surface area contributed by atoms with Gasteiger partial charge in [0, 0.05) is 5.56 Å². The number of H-pyrrole nitrogens is 1. The number of aromatic nitrogens is 1. The van der Waals surface area contributed by atoms with Gasteiger partial charge in [0.2, 0.25) is 0 Å². The molecule has 3 aromatic rings. The van der Waals surface area contributed by atoms with Crippen LogP contribution in [0.4, 0.5) is 5.82 Å². The van der Waals surface area contributed by atoms with Crippen molar-refractivity contribution >= 4 is 5.82 Å². The highest BCUT2D eigenvalue weighted by molar-refractivity contribution is 5.80. The fourth-order valence-corrected chi connectivity index (χ4v) is 2.70. The molecule has 0 unspecified atom stereocenters. The van der Waals surface area contributed by atoms with E-state index in [1.54, 1.807) is 24.3 Å². The van der Waals surface area contributed by atoms with Crippen LogP contribution in [0.25, 0.3) is 11.1 Å². The molecule has 3 rings (SSSR count). The molecule has 6 heteroatoms. The number of ether oxygens (including phenoxy) is 1. The first-order valence-corrected chi connectivity index (χ1v) is 8.18. The highest BCUT2D eigenvalue weighted by atomic mass is 16.5. The number of nitrogens with two attached hydrogens (primary N) is 1. The summed E-state index contributed by atoms with van der Waals surface area (Å²) < 4.78 is 5.76. The van der Waals surface area contributed by atoms with Gasteiger partial charge in [0.15, 0.2) is 0 Å². The summed E-state index contributed by atoms with van der Waals surface area (Å²) in [6.45, 7) is 2.44. The van der Waals surface area contributed by atoms with Crippen molar-refractivity contribution in [2.75, 3.05) is 5.73 Å². The van der Waals surface area contributed by atoms with Crippen LogP contribution in [0.1, 0.15) is 22.3 Å². The molecule has 0 saturated carbocycles. The van der Waals surface area contributed by atoms with Gasteiger partial charge in [-0.15, -0.1) is 0 Å². The minimum atomic E-state index is -0.622. The Morgan fingerprint density at radius 3 is 2.22 bits per heavy atom. The number of nitriles is 2. The van der Waals surface area contributed by atoms with E-state index in [9.17, 15) is 15.3 Å². The molecule has 6 nitrogen and oxygen atoms in total. The highest BCUT2D eigenvalue weighted by Gasteiger charge is 2.18. The van der Waals surface area contributed by atoms with Crippen molar-refractivity contribution in [3.63, 3.8) is 0 Å².